The molecule has 1 aromatic rings. The normalized spacial score (nSPS) is 16.6. The largest absolute Gasteiger partial charge is 0.341 e. The van der Waals surface area contributed by atoms with Gasteiger partial charge in [-0.1, -0.05) is 0 Å². The van der Waals surface area contributed by atoms with Crippen LogP contribution in [0.2, 0.25) is 0 Å². The molecule has 8 heteroatoms. The number of hydrogen-bond donors (Lipinski definition) is 0. The van der Waals surface area contributed by atoms with E-state index in [2.05, 4.69) is 0 Å². The predicted octanol–water partition coefficient (Wildman–Crippen LogP) is 1.74. The van der Waals surface area contributed by atoms with E-state index in [9.17, 15) is 22.0 Å². The maximum Gasteiger partial charge on any atom is 0.246 e. The minimum absolute atomic E-state index is 0.0681. The second kappa shape index (κ2) is 6.20. The van der Waals surface area contributed by atoms with Crippen molar-refractivity contribution in [2.24, 2.45) is 0 Å². The number of anilines is 1. The van der Waals surface area contributed by atoms with E-state index >= 15 is 0 Å². The summed E-state index contributed by atoms with van der Waals surface area (Å²) in [5.74, 6) is -2.57. The van der Waals surface area contributed by atoms with Gasteiger partial charge in [-0.3, -0.25) is 9.10 Å². The van der Waals surface area contributed by atoms with Crippen molar-refractivity contribution in [1.82, 2.24) is 4.90 Å². The molecule has 1 aliphatic heterocycles. The Bertz CT molecular complexity index is 673. The van der Waals surface area contributed by atoms with Crippen molar-refractivity contribution in [3.8, 4) is 0 Å². The van der Waals surface area contributed by atoms with Crippen molar-refractivity contribution >= 4 is 21.6 Å². The summed E-state index contributed by atoms with van der Waals surface area (Å²) in [5, 5.41) is 0. The zero-order chi connectivity index (χ0) is 16.5. The van der Waals surface area contributed by atoms with E-state index in [4.69, 9.17) is 0 Å². The van der Waals surface area contributed by atoms with Crippen LogP contribution in [0.25, 0.3) is 0 Å². The molecular weight excluding hydrogens is 314 g/mol. The van der Waals surface area contributed by atoms with Crippen LogP contribution in [-0.4, -0.2) is 44.6 Å². The average molecular weight is 332 g/mol. The summed E-state index contributed by atoms with van der Waals surface area (Å²) in [6.45, 7) is 2.61. The fourth-order valence-corrected chi connectivity index (χ4v) is 3.79. The molecule has 1 fully saturated rings. The molecule has 1 atom stereocenters. The van der Waals surface area contributed by atoms with E-state index in [-0.39, 0.29) is 11.6 Å². The molecule has 1 aromatic carbocycles. The zero-order valence-corrected chi connectivity index (χ0v) is 13.2. The Morgan fingerprint density at radius 1 is 1.23 bits per heavy atom. The topological polar surface area (TPSA) is 57.7 Å². The summed E-state index contributed by atoms with van der Waals surface area (Å²) in [6.07, 6.45) is 2.69. The summed E-state index contributed by atoms with van der Waals surface area (Å²) in [5.41, 5.74) is -0.0681. The Balaban J connectivity index is 2.37. The maximum absolute atomic E-state index is 13.4. The molecule has 1 aliphatic rings. The van der Waals surface area contributed by atoms with Gasteiger partial charge in [-0.05, 0) is 31.9 Å². The first-order chi connectivity index (χ1) is 10.2. The van der Waals surface area contributed by atoms with Crippen LogP contribution in [0.1, 0.15) is 19.8 Å². The van der Waals surface area contributed by atoms with E-state index in [0.29, 0.717) is 13.1 Å². The van der Waals surface area contributed by atoms with Crippen LogP contribution in [0.5, 0.6) is 0 Å². The van der Waals surface area contributed by atoms with E-state index in [1.54, 1.807) is 4.90 Å². The Labute approximate surface area is 128 Å². The van der Waals surface area contributed by atoms with Gasteiger partial charge in [-0.2, -0.15) is 0 Å². The van der Waals surface area contributed by atoms with Crippen molar-refractivity contribution in [3.05, 3.63) is 29.8 Å². The molecule has 0 aromatic heterocycles. The molecular formula is C14H18F2N2O3S. The highest BCUT2D eigenvalue weighted by atomic mass is 32.2. The highest BCUT2D eigenvalue weighted by Gasteiger charge is 2.33. The lowest BCUT2D eigenvalue weighted by atomic mass is 10.2. The van der Waals surface area contributed by atoms with Crippen molar-refractivity contribution in [2.75, 3.05) is 23.7 Å². The maximum atomic E-state index is 13.4. The third-order valence-electron chi connectivity index (χ3n) is 3.64. The molecule has 122 valence electrons. The highest BCUT2D eigenvalue weighted by Crippen LogP contribution is 2.24. The summed E-state index contributed by atoms with van der Waals surface area (Å²) >= 11 is 0. The molecule has 0 bridgehead atoms. The van der Waals surface area contributed by atoms with Gasteiger partial charge in [0.2, 0.25) is 15.9 Å². The predicted molar refractivity (Wildman–Crippen MR) is 79.0 cm³/mol. The highest BCUT2D eigenvalue weighted by molar-refractivity contribution is 7.92. The van der Waals surface area contributed by atoms with E-state index in [0.717, 1.165) is 41.6 Å². The SMILES string of the molecule is CC(C(=O)N1CCCC1)N(c1ccc(F)c(F)c1)S(C)(=O)=O. The summed E-state index contributed by atoms with van der Waals surface area (Å²) < 4.78 is 51.3. The second-order valence-corrected chi connectivity index (χ2v) is 7.23. The zero-order valence-electron chi connectivity index (χ0n) is 12.4. The minimum atomic E-state index is -3.82. The van der Waals surface area contributed by atoms with Gasteiger partial charge < -0.3 is 4.90 Å². The van der Waals surface area contributed by atoms with Crippen LogP contribution >= 0.6 is 0 Å². The quantitative estimate of drug-likeness (QED) is 0.844. The second-order valence-electron chi connectivity index (χ2n) is 5.37. The number of amides is 1. The third kappa shape index (κ3) is 3.37. The minimum Gasteiger partial charge on any atom is -0.341 e. The van der Waals surface area contributed by atoms with Gasteiger partial charge in [-0.25, -0.2) is 17.2 Å². The Hall–Kier alpha value is -1.70. The van der Waals surface area contributed by atoms with Crippen molar-refractivity contribution in [3.63, 3.8) is 0 Å². The van der Waals surface area contributed by atoms with Crippen LogP contribution in [0.15, 0.2) is 18.2 Å². The number of likely N-dealkylation sites (tertiary alicyclic amines) is 1. The molecule has 22 heavy (non-hydrogen) atoms. The van der Waals surface area contributed by atoms with Crippen molar-refractivity contribution in [2.45, 2.75) is 25.8 Å². The number of rotatable bonds is 4. The lowest BCUT2D eigenvalue weighted by Crippen LogP contribution is -2.48. The number of nitrogens with zero attached hydrogens (tertiary/aromatic N) is 2. The van der Waals surface area contributed by atoms with Crippen molar-refractivity contribution < 1.29 is 22.0 Å². The van der Waals surface area contributed by atoms with E-state index in [1.165, 1.54) is 6.92 Å². The Morgan fingerprint density at radius 2 is 1.82 bits per heavy atom. The molecule has 0 spiro atoms. The Morgan fingerprint density at radius 3 is 2.32 bits per heavy atom. The van der Waals surface area contributed by atoms with Crippen LogP contribution < -0.4 is 4.31 Å². The lowest BCUT2D eigenvalue weighted by molar-refractivity contribution is -0.130. The molecule has 1 saturated heterocycles. The van der Waals surface area contributed by atoms with Gasteiger partial charge in [-0.15, -0.1) is 0 Å². The van der Waals surface area contributed by atoms with Gasteiger partial charge in [0.25, 0.3) is 0 Å². The summed E-state index contributed by atoms with van der Waals surface area (Å²) in [7, 11) is -3.82. The summed E-state index contributed by atoms with van der Waals surface area (Å²) in [6, 6.07) is 1.76. The first kappa shape index (κ1) is 16.7. The summed E-state index contributed by atoms with van der Waals surface area (Å²) in [4.78, 5) is 14.0. The fourth-order valence-electron chi connectivity index (χ4n) is 2.63. The number of benzene rings is 1. The molecule has 2 rings (SSSR count). The molecule has 5 nitrogen and oxygen atoms in total. The number of hydrogen-bond acceptors (Lipinski definition) is 3. The number of sulfonamides is 1. The van der Waals surface area contributed by atoms with Gasteiger partial charge in [0, 0.05) is 19.2 Å². The van der Waals surface area contributed by atoms with E-state index in [1.807, 2.05) is 0 Å². The average Bonchev–Trinajstić information content (AvgIpc) is 2.94. The standard InChI is InChI=1S/C14H18F2N2O3S/c1-10(14(19)17-7-3-4-8-17)18(22(2,20)21)11-5-6-12(15)13(16)9-11/h5-6,9-10H,3-4,7-8H2,1-2H3. The molecule has 0 N–H and O–H groups in total. The van der Waals surface area contributed by atoms with Gasteiger partial charge >= 0.3 is 0 Å². The fraction of sp³-hybridized carbons (Fsp3) is 0.500. The molecule has 0 aliphatic carbocycles. The van der Waals surface area contributed by atoms with Crippen LogP contribution in [0.3, 0.4) is 0 Å². The molecule has 0 radical (unpaired) electrons. The first-order valence-electron chi connectivity index (χ1n) is 6.95. The van der Waals surface area contributed by atoms with Gasteiger partial charge in [0.15, 0.2) is 11.6 Å². The monoisotopic (exact) mass is 332 g/mol. The van der Waals surface area contributed by atoms with Gasteiger partial charge in [0.1, 0.15) is 6.04 Å². The number of halogens is 2. The first-order valence-corrected chi connectivity index (χ1v) is 8.80. The van der Waals surface area contributed by atoms with E-state index < -0.39 is 27.7 Å². The van der Waals surface area contributed by atoms with Crippen LogP contribution in [-0.2, 0) is 14.8 Å². The molecule has 1 amide bonds. The van der Waals surface area contributed by atoms with Crippen LogP contribution in [0.4, 0.5) is 14.5 Å². The number of carbonyl (C=O) groups is 1. The van der Waals surface area contributed by atoms with Gasteiger partial charge in [0.05, 0.1) is 11.9 Å². The smallest absolute Gasteiger partial charge is 0.246 e. The van der Waals surface area contributed by atoms with Crippen LogP contribution in [0, 0.1) is 11.6 Å². The third-order valence-corrected chi connectivity index (χ3v) is 4.88. The van der Waals surface area contributed by atoms with Crippen molar-refractivity contribution in [1.29, 1.82) is 0 Å². The molecule has 1 unspecified atom stereocenters. The lowest BCUT2D eigenvalue weighted by Gasteiger charge is -2.31. The number of carbonyl (C=O) groups excluding carboxylic acids is 1. The molecule has 0 saturated carbocycles. The Kier molecular flexibility index (Phi) is 4.69. The molecule has 1 heterocycles.